The monoisotopic (exact) mass is 314 g/mol. The smallest absolute Gasteiger partial charge is 0.00675 e. The molecule has 0 aliphatic heterocycles. The first-order valence-electron chi connectivity index (χ1n) is 9.11. The highest BCUT2D eigenvalue weighted by Crippen LogP contribution is 2.43. The third kappa shape index (κ3) is 2.28. The quantitative estimate of drug-likeness (QED) is 0.577. The van der Waals surface area contributed by atoms with Crippen LogP contribution in [0.2, 0.25) is 0 Å². The van der Waals surface area contributed by atoms with Gasteiger partial charge in [0.1, 0.15) is 0 Å². The van der Waals surface area contributed by atoms with Crippen LogP contribution in [0.5, 0.6) is 0 Å². The van der Waals surface area contributed by atoms with E-state index >= 15 is 0 Å². The Morgan fingerprint density at radius 1 is 0.708 bits per heavy atom. The summed E-state index contributed by atoms with van der Waals surface area (Å²) >= 11 is 0. The minimum Gasteiger partial charge on any atom is -0.0766 e. The minimum atomic E-state index is 0.428. The molecule has 0 N–H and O–H groups in total. The molecule has 4 rings (SSSR count). The Bertz CT molecular complexity index is 806. The molecular formula is C24H26. The molecule has 0 amide bonds. The Balaban J connectivity index is 1.90. The van der Waals surface area contributed by atoms with Crippen LogP contribution in [0.15, 0.2) is 36.4 Å². The van der Waals surface area contributed by atoms with E-state index in [-0.39, 0.29) is 0 Å². The maximum absolute atomic E-state index is 2.41. The Labute approximate surface area is 145 Å². The van der Waals surface area contributed by atoms with Crippen LogP contribution < -0.4 is 0 Å². The van der Waals surface area contributed by atoms with Gasteiger partial charge in [0.25, 0.3) is 0 Å². The van der Waals surface area contributed by atoms with Crippen LogP contribution in [-0.4, -0.2) is 0 Å². The molecule has 0 saturated carbocycles. The normalized spacial score (nSPS) is 21.9. The van der Waals surface area contributed by atoms with Crippen molar-refractivity contribution in [3.63, 3.8) is 0 Å². The van der Waals surface area contributed by atoms with Gasteiger partial charge in [-0.2, -0.15) is 0 Å². The van der Waals surface area contributed by atoms with Crippen molar-refractivity contribution in [2.24, 2.45) is 0 Å². The van der Waals surface area contributed by atoms with E-state index in [0.717, 1.165) is 0 Å². The largest absolute Gasteiger partial charge is 0.0766 e. The molecule has 24 heavy (non-hydrogen) atoms. The van der Waals surface area contributed by atoms with Gasteiger partial charge >= 0.3 is 0 Å². The van der Waals surface area contributed by atoms with E-state index < -0.39 is 0 Å². The highest BCUT2D eigenvalue weighted by Gasteiger charge is 2.26. The van der Waals surface area contributed by atoms with E-state index in [9.17, 15) is 0 Å². The van der Waals surface area contributed by atoms with E-state index in [1.807, 2.05) is 0 Å². The van der Waals surface area contributed by atoms with E-state index in [0.29, 0.717) is 17.8 Å². The van der Waals surface area contributed by atoms with Gasteiger partial charge in [0.2, 0.25) is 0 Å². The van der Waals surface area contributed by atoms with E-state index in [4.69, 9.17) is 0 Å². The number of hydrogen-bond donors (Lipinski definition) is 0. The maximum Gasteiger partial charge on any atom is 0.00675 e. The molecule has 0 nitrogen and oxygen atoms in total. The van der Waals surface area contributed by atoms with Crippen LogP contribution in [0, 0.1) is 13.8 Å². The average molecular weight is 314 g/mol. The summed E-state index contributed by atoms with van der Waals surface area (Å²) in [5, 5.41) is 0. The maximum atomic E-state index is 2.41. The number of allylic oxidation sites excluding steroid dienone is 2. The molecule has 2 aromatic rings. The fourth-order valence-corrected chi connectivity index (χ4v) is 4.61. The molecule has 2 atom stereocenters. The van der Waals surface area contributed by atoms with E-state index in [1.54, 1.807) is 0 Å². The molecule has 0 heteroatoms. The average Bonchev–Trinajstić information content (AvgIpc) is 3.09. The lowest BCUT2D eigenvalue weighted by Gasteiger charge is -2.24. The van der Waals surface area contributed by atoms with Crippen LogP contribution in [0.1, 0.15) is 83.0 Å². The van der Waals surface area contributed by atoms with Crippen molar-refractivity contribution in [1.29, 1.82) is 0 Å². The number of aryl methyl sites for hydroxylation is 2. The van der Waals surface area contributed by atoms with Gasteiger partial charge in [-0.15, -0.1) is 0 Å². The summed E-state index contributed by atoms with van der Waals surface area (Å²) in [6.07, 6.45) is 9.28. The van der Waals surface area contributed by atoms with Gasteiger partial charge < -0.3 is 0 Å². The van der Waals surface area contributed by atoms with E-state index in [1.165, 1.54) is 44.5 Å². The number of rotatable bonds is 2. The van der Waals surface area contributed by atoms with Crippen LogP contribution in [0.25, 0.3) is 12.2 Å². The molecule has 0 bridgehead atoms. The van der Waals surface area contributed by atoms with Gasteiger partial charge in [-0.1, -0.05) is 80.5 Å². The van der Waals surface area contributed by atoms with Crippen molar-refractivity contribution in [2.75, 3.05) is 0 Å². The summed E-state index contributed by atoms with van der Waals surface area (Å²) in [6, 6.07) is 9.48. The fraction of sp³-hybridized carbons (Fsp3) is 0.333. The molecule has 2 unspecified atom stereocenters. The summed E-state index contributed by atoms with van der Waals surface area (Å²) < 4.78 is 0. The van der Waals surface area contributed by atoms with Gasteiger partial charge in [0, 0.05) is 17.8 Å². The molecule has 2 aromatic carbocycles. The second-order valence-corrected chi connectivity index (χ2v) is 7.73. The van der Waals surface area contributed by atoms with Crippen LogP contribution in [-0.2, 0) is 0 Å². The van der Waals surface area contributed by atoms with Crippen molar-refractivity contribution < 1.29 is 0 Å². The zero-order chi connectivity index (χ0) is 17.0. The zero-order valence-corrected chi connectivity index (χ0v) is 15.4. The molecule has 122 valence electrons. The van der Waals surface area contributed by atoms with Crippen LogP contribution in [0.3, 0.4) is 0 Å². The lowest BCUT2D eigenvalue weighted by atomic mass is 9.80. The third-order valence-electron chi connectivity index (χ3n) is 5.75. The Kier molecular flexibility index (Phi) is 3.53. The third-order valence-corrected chi connectivity index (χ3v) is 5.75. The van der Waals surface area contributed by atoms with Gasteiger partial charge in [-0.3, -0.25) is 0 Å². The molecule has 0 fully saturated rings. The lowest BCUT2D eigenvalue weighted by molar-refractivity contribution is 0.834. The van der Waals surface area contributed by atoms with E-state index in [2.05, 4.69) is 83.2 Å². The van der Waals surface area contributed by atoms with Crippen molar-refractivity contribution in [3.05, 3.63) is 80.9 Å². The molecule has 0 saturated heterocycles. The number of benzene rings is 2. The Hall–Kier alpha value is -2.08. The SMILES string of the molecule is Cc1cc2c(c(C(C)c3cc(C)cc4c3C(C)C=C4)c1)C(C)C=C2. The predicted molar refractivity (Wildman–Crippen MR) is 105 cm³/mol. The topological polar surface area (TPSA) is 0 Å². The first-order valence-corrected chi connectivity index (χ1v) is 9.11. The summed E-state index contributed by atoms with van der Waals surface area (Å²) in [6.45, 7) is 11.5. The minimum absolute atomic E-state index is 0.428. The molecule has 0 aromatic heterocycles. The highest BCUT2D eigenvalue weighted by atomic mass is 14.3. The first-order chi connectivity index (χ1) is 11.5. The molecule has 2 aliphatic rings. The summed E-state index contributed by atoms with van der Waals surface area (Å²) in [5.74, 6) is 1.47. The van der Waals surface area contributed by atoms with Crippen molar-refractivity contribution in [2.45, 2.75) is 52.4 Å². The molecule has 2 aliphatic carbocycles. The fourth-order valence-electron chi connectivity index (χ4n) is 4.61. The number of fused-ring (bicyclic) bond motifs is 2. The Morgan fingerprint density at radius 3 is 1.54 bits per heavy atom. The molecule has 0 spiro atoms. The van der Waals surface area contributed by atoms with Crippen LogP contribution in [0.4, 0.5) is 0 Å². The standard InChI is InChI=1S/C24H26/c1-14-10-19-8-6-16(3)23(19)21(12-14)18(5)22-13-15(2)11-20-9-7-17(4)24(20)22/h6-13,16-18H,1-5H3. The van der Waals surface area contributed by atoms with Crippen molar-refractivity contribution in [3.8, 4) is 0 Å². The Morgan fingerprint density at radius 2 is 1.12 bits per heavy atom. The van der Waals surface area contributed by atoms with Gasteiger partial charge in [-0.25, -0.2) is 0 Å². The molecule has 0 radical (unpaired) electrons. The zero-order valence-electron chi connectivity index (χ0n) is 15.4. The highest BCUT2D eigenvalue weighted by molar-refractivity contribution is 5.69. The predicted octanol–water partition coefficient (Wildman–Crippen LogP) is 6.72. The van der Waals surface area contributed by atoms with Crippen molar-refractivity contribution >= 4 is 12.2 Å². The second kappa shape index (κ2) is 5.48. The molecule has 0 heterocycles. The van der Waals surface area contributed by atoms with Crippen LogP contribution >= 0.6 is 0 Å². The lowest BCUT2D eigenvalue weighted by Crippen LogP contribution is -2.08. The van der Waals surface area contributed by atoms with Gasteiger partial charge in [0.15, 0.2) is 0 Å². The summed E-state index contributed by atoms with van der Waals surface area (Å²) in [5.41, 5.74) is 11.6. The van der Waals surface area contributed by atoms with Gasteiger partial charge in [-0.05, 0) is 47.2 Å². The summed E-state index contributed by atoms with van der Waals surface area (Å²) in [4.78, 5) is 0. The first kappa shape index (κ1) is 15.4. The summed E-state index contributed by atoms with van der Waals surface area (Å²) in [7, 11) is 0. The number of hydrogen-bond acceptors (Lipinski definition) is 0. The van der Waals surface area contributed by atoms with Gasteiger partial charge in [0.05, 0.1) is 0 Å². The van der Waals surface area contributed by atoms with Crippen molar-refractivity contribution in [1.82, 2.24) is 0 Å². The second-order valence-electron chi connectivity index (χ2n) is 7.73. The molecular weight excluding hydrogens is 288 g/mol.